The third-order valence-electron chi connectivity index (χ3n) is 2.75. The number of hydrogen-bond donors (Lipinski definition) is 0. The molecule has 0 unspecified atom stereocenters. The Kier molecular flexibility index (Phi) is 5.45. The summed E-state index contributed by atoms with van der Waals surface area (Å²) in [6.07, 6.45) is 6.99. The molecule has 1 heterocycles. The van der Waals surface area contributed by atoms with E-state index in [2.05, 4.69) is 21.9 Å². The first-order chi connectivity index (χ1) is 10.1. The van der Waals surface area contributed by atoms with Gasteiger partial charge in [-0.2, -0.15) is 0 Å². The van der Waals surface area contributed by atoms with Crippen molar-refractivity contribution < 1.29 is 9.53 Å². The molecule has 1 aromatic carbocycles. The van der Waals surface area contributed by atoms with Gasteiger partial charge in [-0.15, -0.1) is 6.42 Å². The van der Waals surface area contributed by atoms with Crippen molar-refractivity contribution in [1.82, 2.24) is 4.90 Å². The lowest BCUT2D eigenvalue weighted by molar-refractivity contribution is -0.121. The Bertz CT molecular complexity index is 664. The number of halogens is 1. The zero-order valence-corrected chi connectivity index (χ0v) is 14.5. The largest absolute Gasteiger partial charge is 0.480 e. The molecule has 1 aromatic rings. The molecule has 0 saturated carbocycles. The van der Waals surface area contributed by atoms with Gasteiger partial charge in [-0.3, -0.25) is 9.69 Å². The summed E-state index contributed by atoms with van der Waals surface area (Å²) in [6, 6.07) is 5.56. The van der Waals surface area contributed by atoms with Crippen LogP contribution in [0.15, 0.2) is 27.6 Å². The number of amides is 1. The number of thioether (sulfide) groups is 1. The average Bonchev–Trinajstić information content (AvgIpc) is 2.72. The zero-order chi connectivity index (χ0) is 15.4. The molecular formula is C15H12BrNO2S2. The first kappa shape index (κ1) is 16.1. The molecule has 0 bridgehead atoms. The maximum absolute atomic E-state index is 12.1. The topological polar surface area (TPSA) is 29.5 Å². The van der Waals surface area contributed by atoms with Gasteiger partial charge in [0.1, 0.15) is 16.7 Å². The lowest BCUT2D eigenvalue weighted by atomic mass is 10.2. The third kappa shape index (κ3) is 3.67. The van der Waals surface area contributed by atoms with E-state index in [-0.39, 0.29) is 12.5 Å². The Labute approximate surface area is 141 Å². The molecule has 1 fully saturated rings. The monoisotopic (exact) mass is 381 g/mol. The summed E-state index contributed by atoms with van der Waals surface area (Å²) < 4.78 is 6.77. The molecule has 0 aliphatic carbocycles. The number of rotatable bonds is 4. The van der Waals surface area contributed by atoms with Crippen molar-refractivity contribution in [3.05, 3.63) is 33.1 Å². The number of ether oxygens (including phenoxy) is 1. The number of nitrogens with zero attached hydrogens (tertiary/aromatic N) is 1. The minimum absolute atomic E-state index is 0.0451. The van der Waals surface area contributed by atoms with Crippen LogP contribution in [0.4, 0.5) is 0 Å². The number of thiocarbonyl (C=S) groups is 1. The van der Waals surface area contributed by atoms with Crippen molar-refractivity contribution >= 4 is 56.2 Å². The van der Waals surface area contributed by atoms with Crippen molar-refractivity contribution in [3.8, 4) is 18.1 Å². The molecule has 0 aromatic heterocycles. The number of hydrogen-bond acceptors (Lipinski definition) is 4. The summed E-state index contributed by atoms with van der Waals surface area (Å²) in [7, 11) is 0. The van der Waals surface area contributed by atoms with Gasteiger partial charge in [-0.25, -0.2) is 0 Å². The van der Waals surface area contributed by atoms with Crippen molar-refractivity contribution in [2.75, 3.05) is 13.2 Å². The normalized spacial score (nSPS) is 16.4. The smallest absolute Gasteiger partial charge is 0.266 e. The molecule has 21 heavy (non-hydrogen) atoms. The van der Waals surface area contributed by atoms with Gasteiger partial charge in [-0.05, 0) is 46.6 Å². The Hall–Kier alpha value is -1.29. The fourth-order valence-corrected chi connectivity index (χ4v) is 3.66. The molecule has 0 N–H and O–H groups in total. The van der Waals surface area contributed by atoms with Gasteiger partial charge < -0.3 is 4.74 Å². The van der Waals surface area contributed by atoms with Crippen LogP contribution < -0.4 is 4.74 Å². The highest BCUT2D eigenvalue weighted by atomic mass is 79.9. The van der Waals surface area contributed by atoms with E-state index in [9.17, 15) is 4.79 Å². The van der Waals surface area contributed by atoms with Crippen molar-refractivity contribution in [2.24, 2.45) is 0 Å². The van der Waals surface area contributed by atoms with Crippen molar-refractivity contribution in [2.45, 2.75) is 6.92 Å². The van der Waals surface area contributed by atoms with Crippen LogP contribution in [0.5, 0.6) is 5.75 Å². The van der Waals surface area contributed by atoms with Crippen LogP contribution in [-0.2, 0) is 4.79 Å². The summed E-state index contributed by atoms with van der Waals surface area (Å²) in [5.74, 6) is 3.04. The Morgan fingerprint density at radius 1 is 1.57 bits per heavy atom. The van der Waals surface area contributed by atoms with E-state index in [0.29, 0.717) is 21.5 Å². The molecule has 6 heteroatoms. The van der Waals surface area contributed by atoms with Crippen LogP contribution in [-0.4, -0.2) is 28.3 Å². The van der Waals surface area contributed by atoms with Gasteiger partial charge in [0, 0.05) is 6.54 Å². The van der Waals surface area contributed by atoms with Crippen LogP contribution in [0.25, 0.3) is 6.08 Å². The molecular weight excluding hydrogens is 370 g/mol. The lowest BCUT2D eigenvalue weighted by Gasteiger charge is -2.09. The Morgan fingerprint density at radius 3 is 2.90 bits per heavy atom. The summed E-state index contributed by atoms with van der Waals surface area (Å²) in [6.45, 7) is 2.71. The van der Waals surface area contributed by atoms with Crippen LogP contribution >= 0.6 is 39.9 Å². The fraction of sp³-hybridized carbons (Fsp3) is 0.200. The summed E-state index contributed by atoms with van der Waals surface area (Å²) in [5.41, 5.74) is 0.895. The highest BCUT2D eigenvalue weighted by molar-refractivity contribution is 9.10. The number of likely N-dealkylation sites (N-methyl/N-ethyl adjacent to an activating group) is 1. The maximum atomic E-state index is 12.1. The number of carbonyl (C=O) groups excluding carboxylic acids is 1. The first-order valence-electron chi connectivity index (χ1n) is 6.18. The number of carbonyl (C=O) groups is 1. The van der Waals surface area contributed by atoms with Gasteiger partial charge in [0.2, 0.25) is 0 Å². The second-order valence-electron chi connectivity index (χ2n) is 4.11. The van der Waals surface area contributed by atoms with E-state index in [4.69, 9.17) is 23.4 Å². The van der Waals surface area contributed by atoms with Gasteiger partial charge in [0.15, 0.2) is 0 Å². The van der Waals surface area contributed by atoms with Crippen LogP contribution in [0.1, 0.15) is 12.5 Å². The van der Waals surface area contributed by atoms with Gasteiger partial charge in [0.05, 0.1) is 9.38 Å². The molecule has 0 spiro atoms. The van der Waals surface area contributed by atoms with E-state index in [0.717, 1.165) is 10.0 Å². The molecule has 108 valence electrons. The molecule has 1 amide bonds. The predicted octanol–water partition coefficient (Wildman–Crippen LogP) is 3.68. The third-order valence-corrected chi connectivity index (χ3v) is 4.75. The van der Waals surface area contributed by atoms with E-state index < -0.39 is 0 Å². The van der Waals surface area contributed by atoms with Crippen LogP contribution in [0.2, 0.25) is 0 Å². The van der Waals surface area contributed by atoms with E-state index in [1.165, 1.54) is 11.8 Å². The van der Waals surface area contributed by atoms with Gasteiger partial charge in [0.25, 0.3) is 5.91 Å². The molecule has 0 radical (unpaired) electrons. The van der Waals surface area contributed by atoms with Crippen molar-refractivity contribution in [3.63, 3.8) is 0 Å². The Morgan fingerprint density at radius 2 is 2.33 bits per heavy atom. The van der Waals surface area contributed by atoms with E-state index in [1.54, 1.807) is 4.90 Å². The quantitative estimate of drug-likeness (QED) is 0.452. The Balaban J connectivity index is 2.22. The summed E-state index contributed by atoms with van der Waals surface area (Å²) >= 11 is 9.93. The molecule has 3 nitrogen and oxygen atoms in total. The average molecular weight is 382 g/mol. The molecule has 1 aliphatic rings. The summed E-state index contributed by atoms with van der Waals surface area (Å²) in [4.78, 5) is 14.4. The van der Waals surface area contributed by atoms with Gasteiger partial charge >= 0.3 is 0 Å². The molecule has 2 rings (SSSR count). The second kappa shape index (κ2) is 7.12. The highest BCUT2D eigenvalue weighted by Gasteiger charge is 2.30. The number of terminal acetylenes is 1. The minimum Gasteiger partial charge on any atom is -0.480 e. The van der Waals surface area contributed by atoms with Crippen molar-refractivity contribution in [1.29, 1.82) is 0 Å². The summed E-state index contributed by atoms with van der Waals surface area (Å²) in [5, 5.41) is 0. The molecule has 1 saturated heterocycles. The lowest BCUT2D eigenvalue weighted by Crippen LogP contribution is -2.27. The standard InChI is InChI=1S/C15H12BrNO2S2/c1-3-7-19-12-6-5-10(8-11(12)16)9-13-14(18)17(4-2)15(20)21-13/h1,5-6,8-9H,4,7H2,2H3/b13-9-. The zero-order valence-electron chi connectivity index (χ0n) is 11.3. The molecule has 1 aliphatic heterocycles. The minimum atomic E-state index is -0.0451. The maximum Gasteiger partial charge on any atom is 0.266 e. The van der Waals surface area contributed by atoms with Crippen LogP contribution in [0.3, 0.4) is 0 Å². The SMILES string of the molecule is C#CCOc1ccc(/C=C2\SC(=S)N(CC)C2=O)cc1Br. The molecule has 0 atom stereocenters. The second-order valence-corrected chi connectivity index (χ2v) is 6.64. The number of benzene rings is 1. The van der Waals surface area contributed by atoms with E-state index >= 15 is 0 Å². The first-order valence-corrected chi connectivity index (χ1v) is 8.19. The highest BCUT2D eigenvalue weighted by Crippen LogP contribution is 2.33. The van der Waals surface area contributed by atoms with Crippen LogP contribution in [0, 0.1) is 12.3 Å². The predicted molar refractivity (Wildman–Crippen MR) is 94.0 cm³/mol. The fourth-order valence-electron chi connectivity index (χ4n) is 1.77. The van der Waals surface area contributed by atoms with E-state index in [1.807, 2.05) is 31.2 Å². The van der Waals surface area contributed by atoms with Gasteiger partial charge in [-0.1, -0.05) is 36.0 Å².